The molecule has 1 aliphatic carbocycles. The van der Waals surface area contributed by atoms with Crippen molar-refractivity contribution in [2.45, 2.75) is 12.8 Å². The van der Waals surface area contributed by atoms with Crippen LogP contribution in [-0.2, 0) is 4.79 Å². The number of hydrogen-bond donors (Lipinski definition) is 2. The lowest BCUT2D eigenvalue weighted by Gasteiger charge is -2.09. The number of carbonyl (C=O) groups is 2. The van der Waals surface area contributed by atoms with E-state index in [0.717, 1.165) is 12.8 Å². The molecule has 160 valence electrons. The van der Waals surface area contributed by atoms with Gasteiger partial charge >= 0.3 is 0 Å². The molecule has 0 unspecified atom stereocenters. The molecule has 7 nitrogen and oxygen atoms in total. The molecule has 1 saturated carbocycles. The molecule has 4 aromatic rings. The molecular weight excluding hydrogens is 428 g/mol. The zero-order valence-electron chi connectivity index (χ0n) is 16.9. The molecule has 2 heterocycles. The topological polar surface area (TPSA) is 84.7 Å². The van der Waals surface area contributed by atoms with Crippen molar-refractivity contribution in [3.63, 3.8) is 0 Å². The summed E-state index contributed by atoms with van der Waals surface area (Å²) in [6.07, 6.45) is 5.42. The lowest BCUT2D eigenvalue weighted by atomic mass is 10.2. The SMILES string of the molecule is O=C(Nc1cccc(Oc2ccc3nc(NC(=O)C4CC4)cn3c2)c1)c1cccc(Cl)c1. The number of amides is 2. The number of halogens is 1. The van der Waals surface area contributed by atoms with Gasteiger partial charge in [-0.1, -0.05) is 23.7 Å². The minimum Gasteiger partial charge on any atom is -0.456 e. The summed E-state index contributed by atoms with van der Waals surface area (Å²) in [6.45, 7) is 0. The highest BCUT2D eigenvalue weighted by molar-refractivity contribution is 6.31. The van der Waals surface area contributed by atoms with Crippen molar-refractivity contribution in [3.8, 4) is 11.5 Å². The molecule has 0 atom stereocenters. The summed E-state index contributed by atoms with van der Waals surface area (Å²) in [7, 11) is 0. The van der Waals surface area contributed by atoms with Crippen molar-refractivity contribution in [1.29, 1.82) is 0 Å². The molecule has 5 rings (SSSR count). The van der Waals surface area contributed by atoms with Gasteiger partial charge in [0.2, 0.25) is 5.91 Å². The molecular formula is C24H19ClN4O3. The van der Waals surface area contributed by atoms with Crippen molar-refractivity contribution in [2.75, 3.05) is 10.6 Å². The van der Waals surface area contributed by atoms with Crippen LogP contribution >= 0.6 is 11.6 Å². The van der Waals surface area contributed by atoms with Crippen molar-refractivity contribution in [2.24, 2.45) is 5.92 Å². The predicted molar refractivity (Wildman–Crippen MR) is 122 cm³/mol. The van der Waals surface area contributed by atoms with E-state index in [1.54, 1.807) is 71.4 Å². The zero-order chi connectivity index (χ0) is 22.1. The molecule has 2 amide bonds. The maximum Gasteiger partial charge on any atom is 0.255 e. The van der Waals surface area contributed by atoms with E-state index in [1.165, 1.54) is 0 Å². The largest absolute Gasteiger partial charge is 0.456 e. The minimum absolute atomic E-state index is 0.0153. The van der Waals surface area contributed by atoms with Gasteiger partial charge in [-0.05, 0) is 55.3 Å². The summed E-state index contributed by atoms with van der Waals surface area (Å²) >= 11 is 5.96. The van der Waals surface area contributed by atoms with Crippen LogP contribution in [0.2, 0.25) is 5.02 Å². The van der Waals surface area contributed by atoms with E-state index in [2.05, 4.69) is 15.6 Å². The van der Waals surface area contributed by atoms with E-state index in [-0.39, 0.29) is 17.7 Å². The van der Waals surface area contributed by atoms with Gasteiger partial charge in [-0.25, -0.2) is 4.98 Å². The quantitative estimate of drug-likeness (QED) is 0.416. The van der Waals surface area contributed by atoms with Gasteiger partial charge in [0.05, 0.1) is 12.4 Å². The first kappa shape index (κ1) is 20.1. The Bertz CT molecular complexity index is 1330. The van der Waals surface area contributed by atoms with Gasteiger partial charge in [0.1, 0.15) is 17.1 Å². The van der Waals surface area contributed by atoms with Crippen LogP contribution in [-0.4, -0.2) is 21.2 Å². The Morgan fingerprint density at radius 2 is 1.81 bits per heavy atom. The molecule has 2 aromatic heterocycles. The summed E-state index contributed by atoms with van der Waals surface area (Å²) in [4.78, 5) is 28.8. The van der Waals surface area contributed by atoms with Gasteiger partial charge in [-0.2, -0.15) is 0 Å². The standard InChI is InChI=1S/C24H19ClN4O3/c25-17-4-1-3-16(11-17)24(31)26-18-5-2-6-19(12-18)32-20-9-10-22-27-21(14-29(22)13-20)28-23(30)15-7-8-15/h1-6,9-15H,7-8H2,(H,26,31)(H,28,30). The van der Waals surface area contributed by atoms with Gasteiger partial charge in [0, 0.05) is 28.3 Å². The van der Waals surface area contributed by atoms with Gasteiger partial charge in [-0.3, -0.25) is 9.59 Å². The summed E-state index contributed by atoms with van der Waals surface area (Å²) in [6, 6.07) is 17.5. The Morgan fingerprint density at radius 3 is 2.62 bits per heavy atom. The molecule has 0 radical (unpaired) electrons. The van der Waals surface area contributed by atoms with Crippen LogP contribution in [0.4, 0.5) is 11.5 Å². The van der Waals surface area contributed by atoms with Crippen LogP contribution in [0.25, 0.3) is 5.65 Å². The second-order valence-electron chi connectivity index (χ2n) is 7.61. The third-order valence-electron chi connectivity index (χ3n) is 5.04. The number of carbonyl (C=O) groups excluding carboxylic acids is 2. The first-order valence-electron chi connectivity index (χ1n) is 10.2. The van der Waals surface area contributed by atoms with Gasteiger partial charge in [0.15, 0.2) is 5.82 Å². The number of nitrogens with zero attached hydrogens (tertiary/aromatic N) is 2. The predicted octanol–water partition coefficient (Wildman–Crippen LogP) is 5.38. The Labute approximate surface area is 189 Å². The van der Waals surface area contributed by atoms with Gasteiger partial charge in [-0.15, -0.1) is 0 Å². The Kier molecular flexibility index (Phi) is 5.25. The highest BCUT2D eigenvalue weighted by Crippen LogP contribution is 2.30. The van der Waals surface area contributed by atoms with E-state index in [1.807, 2.05) is 6.07 Å². The van der Waals surface area contributed by atoms with Crippen molar-refractivity contribution >= 4 is 40.6 Å². The van der Waals surface area contributed by atoms with Crippen LogP contribution in [0.15, 0.2) is 73.1 Å². The number of nitrogens with one attached hydrogen (secondary N) is 2. The molecule has 0 spiro atoms. The number of aromatic nitrogens is 2. The number of pyridine rings is 1. The normalized spacial score (nSPS) is 13.0. The van der Waals surface area contributed by atoms with Gasteiger partial charge < -0.3 is 19.8 Å². The van der Waals surface area contributed by atoms with Gasteiger partial charge in [0.25, 0.3) is 5.91 Å². The number of benzene rings is 2. The number of fused-ring (bicyclic) bond motifs is 1. The first-order valence-corrected chi connectivity index (χ1v) is 10.6. The number of ether oxygens (including phenoxy) is 1. The highest BCUT2D eigenvalue weighted by atomic mass is 35.5. The minimum atomic E-state index is -0.259. The molecule has 1 fully saturated rings. The summed E-state index contributed by atoms with van der Waals surface area (Å²) in [5, 5.41) is 6.19. The molecule has 2 N–H and O–H groups in total. The molecule has 2 aromatic carbocycles. The second-order valence-corrected chi connectivity index (χ2v) is 8.05. The molecule has 8 heteroatoms. The Hall–Kier alpha value is -3.84. The van der Waals surface area contributed by atoms with Crippen LogP contribution in [0.3, 0.4) is 0 Å². The third kappa shape index (κ3) is 4.58. The van der Waals surface area contributed by atoms with Crippen molar-refractivity contribution in [3.05, 3.63) is 83.6 Å². The number of imidazole rings is 1. The maximum absolute atomic E-state index is 12.5. The van der Waals surface area contributed by atoms with Crippen LogP contribution < -0.4 is 15.4 Å². The molecule has 1 aliphatic rings. The number of hydrogen-bond acceptors (Lipinski definition) is 4. The number of rotatable bonds is 6. The summed E-state index contributed by atoms with van der Waals surface area (Å²) in [5.74, 6) is 1.55. The average Bonchev–Trinajstić information content (AvgIpc) is 3.55. The molecule has 0 bridgehead atoms. The van der Waals surface area contributed by atoms with Crippen LogP contribution in [0, 0.1) is 5.92 Å². The van der Waals surface area contributed by atoms with E-state index in [0.29, 0.717) is 39.2 Å². The van der Waals surface area contributed by atoms with Crippen molar-refractivity contribution < 1.29 is 14.3 Å². The van der Waals surface area contributed by atoms with Crippen LogP contribution in [0.5, 0.6) is 11.5 Å². The lowest BCUT2D eigenvalue weighted by molar-refractivity contribution is -0.117. The van der Waals surface area contributed by atoms with E-state index in [4.69, 9.17) is 16.3 Å². The fourth-order valence-electron chi connectivity index (χ4n) is 3.27. The van der Waals surface area contributed by atoms with E-state index < -0.39 is 0 Å². The average molecular weight is 447 g/mol. The molecule has 0 saturated heterocycles. The summed E-state index contributed by atoms with van der Waals surface area (Å²) < 4.78 is 7.76. The summed E-state index contributed by atoms with van der Waals surface area (Å²) in [5.41, 5.74) is 1.77. The fourth-order valence-corrected chi connectivity index (χ4v) is 3.46. The van der Waals surface area contributed by atoms with Crippen LogP contribution in [0.1, 0.15) is 23.2 Å². The highest BCUT2D eigenvalue weighted by Gasteiger charge is 2.30. The Balaban J connectivity index is 1.29. The smallest absolute Gasteiger partial charge is 0.255 e. The second kappa shape index (κ2) is 8.36. The molecule has 32 heavy (non-hydrogen) atoms. The monoisotopic (exact) mass is 446 g/mol. The lowest BCUT2D eigenvalue weighted by Crippen LogP contribution is -2.13. The van der Waals surface area contributed by atoms with E-state index >= 15 is 0 Å². The number of anilines is 2. The first-order chi connectivity index (χ1) is 15.5. The fraction of sp³-hybridized carbons (Fsp3) is 0.125. The zero-order valence-corrected chi connectivity index (χ0v) is 17.7. The van der Waals surface area contributed by atoms with Crippen molar-refractivity contribution in [1.82, 2.24) is 9.38 Å². The maximum atomic E-state index is 12.5. The third-order valence-corrected chi connectivity index (χ3v) is 5.27. The molecule has 0 aliphatic heterocycles. The van der Waals surface area contributed by atoms with E-state index in [9.17, 15) is 9.59 Å². The Morgan fingerprint density at radius 1 is 0.969 bits per heavy atom.